The number of likely N-dealkylation sites (tertiary alicyclic amines) is 1. The fourth-order valence-electron chi connectivity index (χ4n) is 4.91. The highest BCUT2D eigenvalue weighted by atomic mass is 16.5. The van der Waals surface area contributed by atoms with Crippen molar-refractivity contribution in [2.24, 2.45) is 0 Å². The van der Waals surface area contributed by atoms with Crippen molar-refractivity contribution in [1.29, 1.82) is 0 Å². The first-order valence-corrected chi connectivity index (χ1v) is 11.4. The lowest BCUT2D eigenvalue weighted by Crippen LogP contribution is -2.29. The number of aromatic amines is 1. The molecular formula is C27H23N3O5. The van der Waals surface area contributed by atoms with E-state index < -0.39 is 17.7 Å². The van der Waals surface area contributed by atoms with Gasteiger partial charge in [0.05, 0.1) is 36.7 Å². The minimum atomic E-state index is -0.790. The molecule has 2 aromatic heterocycles. The molecule has 6 rings (SSSR count). The molecule has 2 aliphatic heterocycles. The summed E-state index contributed by atoms with van der Waals surface area (Å²) in [6, 6.07) is 15.6. The predicted molar refractivity (Wildman–Crippen MR) is 130 cm³/mol. The van der Waals surface area contributed by atoms with Gasteiger partial charge in [-0.2, -0.15) is 0 Å². The highest BCUT2D eigenvalue weighted by Gasteiger charge is 2.47. The summed E-state index contributed by atoms with van der Waals surface area (Å²) in [6.07, 6.45) is 3.32. The van der Waals surface area contributed by atoms with Crippen molar-refractivity contribution in [3.8, 4) is 5.75 Å². The molecule has 2 aliphatic rings. The maximum atomic E-state index is 13.4. The number of amides is 1. The normalized spacial score (nSPS) is 19.3. The van der Waals surface area contributed by atoms with Gasteiger partial charge in [0.1, 0.15) is 23.9 Å². The molecule has 35 heavy (non-hydrogen) atoms. The number of nitrogens with one attached hydrogen (secondary N) is 1. The molecule has 0 saturated carbocycles. The molecule has 1 fully saturated rings. The third-order valence-electron chi connectivity index (χ3n) is 6.69. The number of likely N-dealkylation sites (N-methyl/N-ethyl adjacent to an activating group) is 1. The number of nitrogens with zero attached hydrogens (tertiary/aromatic N) is 2. The minimum absolute atomic E-state index is 0.0469. The second-order valence-electron chi connectivity index (χ2n) is 8.75. The number of ketones is 1. The van der Waals surface area contributed by atoms with Gasteiger partial charge in [0.2, 0.25) is 0 Å². The van der Waals surface area contributed by atoms with Crippen LogP contribution < -0.4 is 9.64 Å². The van der Waals surface area contributed by atoms with Crippen LogP contribution in [-0.4, -0.2) is 46.9 Å². The average Bonchev–Trinajstić information content (AvgIpc) is 3.59. The smallest absolute Gasteiger partial charge is 0.296 e. The van der Waals surface area contributed by atoms with Crippen LogP contribution in [0.25, 0.3) is 16.7 Å². The number of aliphatic hydroxyl groups excluding tert-OH is 1. The van der Waals surface area contributed by atoms with Crippen LogP contribution in [0.2, 0.25) is 0 Å². The van der Waals surface area contributed by atoms with Gasteiger partial charge in [-0.15, -0.1) is 0 Å². The average molecular weight is 469 g/mol. The third-order valence-corrected chi connectivity index (χ3v) is 6.69. The van der Waals surface area contributed by atoms with E-state index in [0.29, 0.717) is 30.2 Å². The molecule has 2 aromatic carbocycles. The standard InChI is InChI=1S/C27H23N3O5/c1-29-10-12-35-22-9-8-16(13-21(22)29)25(31)23-24(19-14-28-20-7-3-2-6-18(19)20)30(27(33)26(23)32)15-17-5-4-11-34-17/h2-9,11,13-14,24,28,31H,10,12,15H2,1H3/b25-23+. The maximum absolute atomic E-state index is 13.4. The van der Waals surface area contributed by atoms with Gasteiger partial charge >= 0.3 is 0 Å². The molecule has 8 nitrogen and oxygen atoms in total. The number of anilines is 1. The number of rotatable bonds is 4. The highest BCUT2D eigenvalue weighted by Crippen LogP contribution is 2.43. The zero-order chi connectivity index (χ0) is 24.1. The summed E-state index contributed by atoms with van der Waals surface area (Å²) in [5.41, 5.74) is 2.91. The molecule has 4 heterocycles. The van der Waals surface area contributed by atoms with Crippen LogP contribution in [0.15, 0.2) is 77.0 Å². The van der Waals surface area contributed by atoms with E-state index in [4.69, 9.17) is 9.15 Å². The Balaban J connectivity index is 1.53. The summed E-state index contributed by atoms with van der Waals surface area (Å²) >= 11 is 0. The van der Waals surface area contributed by atoms with Crippen LogP contribution >= 0.6 is 0 Å². The SMILES string of the molecule is CN1CCOc2ccc(/C(O)=C3\C(=O)C(=O)N(Cc4ccco4)C3c3c[nH]c4ccccc34)cc21. The van der Waals surface area contributed by atoms with E-state index in [2.05, 4.69) is 4.98 Å². The first-order valence-electron chi connectivity index (χ1n) is 11.4. The molecule has 0 spiro atoms. The number of hydrogen-bond acceptors (Lipinski definition) is 6. The summed E-state index contributed by atoms with van der Waals surface area (Å²) in [4.78, 5) is 33.3. The van der Waals surface area contributed by atoms with Crippen LogP contribution in [0.4, 0.5) is 5.69 Å². The number of para-hydroxylation sites is 1. The van der Waals surface area contributed by atoms with Gasteiger partial charge in [-0.05, 0) is 36.4 Å². The lowest BCUT2D eigenvalue weighted by atomic mass is 9.94. The molecule has 0 aliphatic carbocycles. The Hall–Kier alpha value is -4.46. The minimum Gasteiger partial charge on any atom is -0.507 e. The number of furan rings is 1. The fourth-order valence-corrected chi connectivity index (χ4v) is 4.91. The van der Waals surface area contributed by atoms with Crippen molar-refractivity contribution in [1.82, 2.24) is 9.88 Å². The zero-order valence-corrected chi connectivity index (χ0v) is 19.0. The number of benzene rings is 2. The third kappa shape index (κ3) is 3.37. The number of carbonyl (C=O) groups is 2. The molecule has 176 valence electrons. The maximum Gasteiger partial charge on any atom is 0.296 e. The predicted octanol–water partition coefficient (Wildman–Crippen LogP) is 4.21. The number of aromatic nitrogens is 1. The van der Waals surface area contributed by atoms with E-state index in [1.165, 1.54) is 11.2 Å². The summed E-state index contributed by atoms with van der Waals surface area (Å²) in [5.74, 6) is -0.378. The molecule has 1 unspecified atom stereocenters. The van der Waals surface area contributed by atoms with Gasteiger partial charge in [-0.3, -0.25) is 9.59 Å². The number of aliphatic hydroxyl groups is 1. The number of H-pyrrole nitrogens is 1. The Morgan fingerprint density at radius 1 is 1.14 bits per heavy atom. The Bertz CT molecular complexity index is 1480. The largest absolute Gasteiger partial charge is 0.507 e. The second kappa shape index (κ2) is 8.09. The van der Waals surface area contributed by atoms with E-state index in [9.17, 15) is 14.7 Å². The van der Waals surface area contributed by atoms with E-state index in [1.54, 1.807) is 36.5 Å². The van der Waals surface area contributed by atoms with Crippen LogP contribution in [-0.2, 0) is 16.1 Å². The monoisotopic (exact) mass is 469 g/mol. The molecule has 1 saturated heterocycles. The van der Waals surface area contributed by atoms with Crippen molar-refractivity contribution in [3.05, 3.63) is 89.5 Å². The molecule has 8 heteroatoms. The number of carbonyl (C=O) groups excluding carboxylic acids is 2. The van der Waals surface area contributed by atoms with Crippen molar-refractivity contribution < 1.29 is 23.8 Å². The zero-order valence-electron chi connectivity index (χ0n) is 19.0. The van der Waals surface area contributed by atoms with Gasteiger partial charge in [0.15, 0.2) is 0 Å². The van der Waals surface area contributed by atoms with Crippen molar-refractivity contribution in [3.63, 3.8) is 0 Å². The first kappa shape index (κ1) is 21.1. The number of hydrogen-bond donors (Lipinski definition) is 2. The summed E-state index contributed by atoms with van der Waals surface area (Å²) < 4.78 is 11.2. The van der Waals surface area contributed by atoms with Gasteiger partial charge in [-0.25, -0.2) is 0 Å². The highest BCUT2D eigenvalue weighted by molar-refractivity contribution is 6.46. The second-order valence-corrected chi connectivity index (χ2v) is 8.75. The van der Waals surface area contributed by atoms with Crippen molar-refractivity contribution >= 4 is 34.0 Å². The summed E-state index contributed by atoms with van der Waals surface area (Å²) in [5, 5.41) is 12.3. The van der Waals surface area contributed by atoms with Crippen LogP contribution in [0.3, 0.4) is 0 Å². The van der Waals surface area contributed by atoms with Crippen LogP contribution in [0.1, 0.15) is 22.9 Å². The van der Waals surface area contributed by atoms with Gasteiger partial charge in [0, 0.05) is 35.3 Å². The van der Waals surface area contributed by atoms with Gasteiger partial charge in [0.25, 0.3) is 11.7 Å². The lowest BCUT2D eigenvalue weighted by Gasteiger charge is -2.28. The fraction of sp³-hybridized carbons (Fsp3) is 0.185. The molecule has 1 atom stereocenters. The Labute approximate surface area is 201 Å². The van der Waals surface area contributed by atoms with Gasteiger partial charge < -0.3 is 29.0 Å². The van der Waals surface area contributed by atoms with E-state index in [0.717, 1.165) is 22.2 Å². The molecule has 0 radical (unpaired) electrons. The van der Waals surface area contributed by atoms with E-state index in [-0.39, 0.29) is 17.9 Å². The van der Waals surface area contributed by atoms with Gasteiger partial charge in [-0.1, -0.05) is 18.2 Å². The quantitative estimate of drug-likeness (QED) is 0.264. The summed E-state index contributed by atoms with van der Waals surface area (Å²) in [6.45, 7) is 1.38. The number of Topliss-reactive ketones (excluding diaryl/α,β-unsaturated/α-hetero) is 1. The van der Waals surface area contributed by atoms with Crippen molar-refractivity contribution in [2.75, 3.05) is 25.1 Å². The molecular weight excluding hydrogens is 446 g/mol. The Morgan fingerprint density at radius 2 is 2.00 bits per heavy atom. The first-order chi connectivity index (χ1) is 17.0. The van der Waals surface area contributed by atoms with Crippen LogP contribution in [0.5, 0.6) is 5.75 Å². The molecule has 1 amide bonds. The number of ether oxygens (including phenoxy) is 1. The molecule has 4 aromatic rings. The topological polar surface area (TPSA) is 99.0 Å². The summed E-state index contributed by atoms with van der Waals surface area (Å²) in [7, 11) is 1.94. The van der Waals surface area contributed by atoms with E-state index in [1.807, 2.05) is 36.2 Å². The van der Waals surface area contributed by atoms with E-state index >= 15 is 0 Å². The van der Waals surface area contributed by atoms with Crippen molar-refractivity contribution in [2.45, 2.75) is 12.6 Å². The Kier molecular flexibility index (Phi) is 4.88. The Morgan fingerprint density at radius 3 is 2.83 bits per heavy atom. The number of fused-ring (bicyclic) bond motifs is 2. The molecule has 0 bridgehead atoms. The lowest BCUT2D eigenvalue weighted by molar-refractivity contribution is -0.140. The molecule has 2 N–H and O–H groups in total. The van der Waals surface area contributed by atoms with Crippen LogP contribution in [0, 0.1) is 0 Å².